The maximum Gasteiger partial charge on any atom is 0.419 e. The van der Waals surface area contributed by atoms with Gasteiger partial charge >= 0.3 is 12.2 Å². The fourth-order valence-electron chi connectivity index (χ4n) is 9.82. The number of ether oxygens (including phenoxy) is 1. The first-order valence-electron chi connectivity index (χ1n) is 24.3. The second-order valence-electron chi connectivity index (χ2n) is 19.7. The van der Waals surface area contributed by atoms with E-state index in [0.29, 0.717) is 64.0 Å². The van der Waals surface area contributed by atoms with E-state index in [9.17, 15) is 41.1 Å². The SMILES string of the molecule is Cc1c(C#CCOC2CCN(CC3CCN(C(=O)C4CCC(NS(=O)(=O)c5ccc(Nc6ncc(C(F)(F)F)c(-c7cnn(CC(C)(C)O)c7)n6)c(F)c5)CC4)CC3)CC2)cccc1N1CCC(=O)NC1=O. The van der Waals surface area contributed by atoms with Crippen LogP contribution in [0.2, 0.25) is 0 Å². The Balaban J connectivity index is 0.746. The zero-order valence-electron chi connectivity index (χ0n) is 40.5. The van der Waals surface area contributed by atoms with Crippen molar-refractivity contribution in [1.82, 2.24) is 39.6 Å². The number of aromatic nitrogens is 4. The van der Waals surface area contributed by atoms with E-state index < -0.39 is 50.9 Å². The highest BCUT2D eigenvalue weighted by atomic mass is 32.2. The summed E-state index contributed by atoms with van der Waals surface area (Å²) in [6.45, 7) is 9.76. The van der Waals surface area contributed by atoms with Crippen molar-refractivity contribution >= 4 is 45.2 Å². The molecule has 4 aromatic rings. The van der Waals surface area contributed by atoms with E-state index in [1.807, 2.05) is 30.0 Å². The molecular weight excluding hydrogens is 961 g/mol. The van der Waals surface area contributed by atoms with Crippen molar-refractivity contribution < 1.29 is 50.2 Å². The van der Waals surface area contributed by atoms with Gasteiger partial charge in [-0.25, -0.2) is 32.3 Å². The standard InChI is InChI=1S/C50H60F4N10O7S/c1-32-34(6-4-8-43(32)64-24-19-44(65)58-48(64)67)7-5-25-71-38-17-20-61(21-18-38)29-33-15-22-62(23-16-33)46(66)35-9-11-37(12-10-35)60-72(69,70)39-13-14-42(41(51)26-39)57-47-55-28-40(50(52,53)54)45(59-47)36-27-56-63(30-36)31-49(2,3)68/h4,6,8,13-14,26-28,30,33,35,37-38,60,68H,9-12,15-25,29,31H2,1-3H3,(H,55,57,59)(H,58,65,67). The molecule has 3 aliphatic heterocycles. The number of carbonyl (C=O) groups is 3. The molecule has 0 radical (unpaired) electrons. The molecule has 2 aromatic carbocycles. The van der Waals surface area contributed by atoms with Gasteiger partial charge in [0.2, 0.25) is 27.8 Å². The van der Waals surface area contributed by atoms with E-state index in [2.05, 4.69) is 47.2 Å². The second kappa shape index (κ2) is 22.0. The predicted molar refractivity (Wildman–Crippen MR) is 259 cm³/mol. The molecule has 1 aliphatic carbocycles. The van der Waals surface area contributed by atoms with Gasteiger partial charge in [0, 0.05) is 86.9 Å². The average molecular weight is 1020 g/mol. The molecule has 0 spiro atoms. The number of urea groups is 1. The molecule has 0 atom stereocenters. The number of halogens is 4. The molecule has 22 heteroatoms. The molecule has 17 nitrogen and oxygen atoms in total. The summed E-state index contributed by atoms with van der Waals surface area (Å²) in [4.78, 5) is 50.9. The van der Waals surface area contributed by atoms with Gasteiger partial charge in [0.05, 0.1) is 40.7 Å². The quantitative estimate of drug-likeness (QED) is 0.0804. The van der Waals surface area contributed by atoms with Crippen LogP contribution in [0.25, 0.3) is 11.3 Å². The lowest BCUT2D eigenvalue weighted by atomic mass is 9.85. The summed E-state index contributed by atoms with van der Waals surface area (Å²) >= 11 is 0. The Morgan fingerprint density at radius 3 is 2.39 bits per heavy atom. The van der Waals surface area contributed by atoms with Crippen LogP contribution in [0.5, 0.6) is 0 Å². The smallest absolute Gasteiger partial charge is 0.389 e. The third-order valence-corrected chi connectivity index (χ3v) is 15.2. The number of aliphatic hydroxyl groups is 1. The summed E-state index contributed by atoms with van der Waals surface area (Å²) in [7, 11) is -4.18. The van der Waals surface area contributed by atoms with Crippen molar-refractivity contribution in [3.05, 3.63) is 77.5 Å². The van der Waals surface area contributed by atoms with Crippen LogP contribution in [0.15, 0.2) is 59.9 Å². The molecule has 386 valence electrons. The molecule has 4 fully saturated rings. The molecule has 4 N–H and O–H groups in total. The number of piperidine rings is 2. The van der Waals surface area contributed by atoms with Gasteiger partial charge in [-0.2, -0.15) is 18.3 Å². The Kier molecular flexibility index (Phi) is 16.0. The van der Waals surface area contributed by atoms with Crippen LogP contribution in [0.3, 0.4) is 0 Å². The molecule has 0 bridgehead atoms. The lowest BCUT2D eigenvalue weighted by Crippen LogP contribution is -2.49. The van der Waals surface area contributed by atoms with Gasteiger partial charge in [0.1, 0.15) is 18.0 Å². The molecule has 1 saturated carbocycles. The van der Waals surface area contributed by atoms with E-state index in [4.69, 9.17) is 4.74 Å². The summed E-state index contributed by atoms with van der Waals surface area (Å²) in [6.07, 6.45) is 4.09. The van der Waals surface area contributed by atoms with Crippen LogP contribution >= 0.6 is 0 Å². The maximum atomic E-state index is 15.4. The third-order valence-electron chi connectivity index (χ3n) is 13.7. The Morgan fingerprint density at radius 1 is 0.972 bits per heavy atom. The summed E-state index contributed by atoms with van der Waals surface area (Å²) in [5.41, 5.74) is -0.749. The molecular formula is C50H60F4N10O7S. The fraction of sp³-hybridized carbons (Fsp3) is 0.520. The van der Waals surface area contributed by atoms with Crippen molar-refractivity contribution in [2.75, 3.05) is 56.1 Å². The summed E-state index contributed by atoms with van der Waals surface area (Å²) in [5.74, 6) is 5.02. The Hall–Kier alpha value is -5.99. The number of rotatable bonds is 14. The van der Waals surface area contributed by atoms with Crippen molar-refractivity contribution in [1.29, 1.82) is 0 Å². The van der Waals surface area contributed by atoms with Crippen LogP contribution in [0.1, 0.15) is 88.3 Å². The Labute approximate surface area is 416 Å². The maximum absolute atomic E-state index is 15.4. The second-order valence-corrected chi connectivity index (χ2v) is 21.4. The molecule has 4 amide bonds. The number of nitrogens with zero attached hydrogens (tertiary/aromatic N) is 7. The van der Waals surface area contributed by atoms with Crippen LogP contribution in [-0.2, 0) is 37.1 Å². The minimum atomic E-state index is -4.83. The van der Waals surface area contributed by atoms with Crippen LogP contribution in [-0.4, -0.2) is 125 Å². The highest BCUT2D eigenvalue weighted by Crippen LogP contribution is 2.37. The molecule has 72 heavy (non-hydrogen) atoms. The third kappa shape index (κ3) is 13.2. The van der Waals surface area contributed by atoms with Gasteiger partial charge in [-0.05, 0) is 114 Å². The predicted octanol–water partition coefficient (Wildman–Crippen LogP) is 6.38. The van der Waals surface area contributed by atoms with Crippen molar-refractivity contribution in [3.63, 3.8) is 0 Å². The van der Waals surface area contributed by atoms with Gasteiger partial charge in [-0.1, -0.05) is 17.9 Å². The average Bonchev–Trinajstić information content (AvgIpc) is 3.79. The number of benzene rings is 2. The summed E-state index contributed by atoms with van der Waals surface area (Å²) in [5, 5.41) is 19.0. The van der Waals surface area contributed by atoms with E-state index in [-0.39, 0.29) is 58.9 Å². The number of nitrogens with one attached hydrogen (secondary N) is 3. The number of sulfonamides is 1. The molecule has 8 rings (SSSR count). The minimum absolute atomic E-state index is 0.00185. The Bertz CT molecular complexity index is 2800. The van der Waals surface area contributed by atoms with Gasteiger partial charge in [-0.15, -0.1) is 0 Å². The van der Waals surface area contributed by atoms with Gasteiger partial charge in [-0.3, -0.25) is 24.5 Å². The van der Waals surface area contributed by atoms with E-state index in [1.165, 1.54) is 30.8 Å². The van der Waals surface area contributed by atoms with Gasteiger partial charge in [0.25, 0.3) is 0 Å². The minimum Gasteiger partial charge on any atom is -0.389 e. The summed E-state index contributed by atoms with van der Waals surface area (Å²) in [6, 6.07) is 7.84. The highest BCUT2D eigenvalue weighted by molar-refractivity contribution is 7.89. The van der Waals surface area contributed by atoms with Crippen LogP contribution in [0, 0.1) is 36.4 Å². The van der Waals surface area contributed by atoms with Crippen LogP contribution in [0.4, 0.5) is 39.7 Å². The molecule has 2 aromatic heterocycles. The number of imide groups is 1. The van der Waals surface area contributed by atoms with E-state index in [1.54, 1.807) is 4.90 Å². The Morgan fingerprint density at radius 2 is 1.71 bits per heavy atom. The lowest BCUT2D eigenvalue weighted by Gasteiger charge is -2.39. The molecule has 3 saturated heterocycles. The number of hydrogen-bond donors (Lipinski definition) is 4. The van der Waals surface area contributed by atoms with Gasteiger partial charge < -0.3 is 25.0 Å². The molecule has 4 aliphatic rings. The monoisotopic (exact) mass is 1020 g/mol. The topological polar surface area (TPSA) is 204 Å². The first kappa shape index (κ1) is 52.3. The number of alkyl halides is 3. The molecule has 0 unspecified atom stereocenters. The highest BCUT2D eigenvalue weighted by Gasteiger charge is 2.37. The largest absolute Gasteiger partial charge is 0.419 e. The number of anilines is 3. The zero-order valence-corrected chi connectivity index (χ0v) is 41.3. The van der Waals surface area contributed by atoms with E-state index >= 15 is 4.39 Å². The van der Waals surface area contributed by atoms with Gasteiger partial charge in [0.15, 0.2) is 0 Å². The first-order chi connectivity index (χ1) is 34.2. The number of carbonyl (C=O) groups excluding carboxylic acids is 3. The van der Waals surface area contributed by atoms with Crippen molar-refractivity contribution in [2.45, 2.75) is 114 Å². The van der Waals surface area contributed by atoms with Crippen LogP contribution < -0.4 is 20.3 Å². The molecule has 5 heterocycles. The van der Waals surface area contributed by atoms with Crippen molar-refractivity contribution in [2.24, 2.45) is 11.8 Å². The lowest BCUT2D eigenvalue weighted by molar-refractivity contribution is -0.138. The van der Waals surface area contributed by atoms with E-state index in [0.717, 1.165) is 80.5 Å². The summed E-state index contributed by atoms with van der Waals surface area (Å²) < 4.78 is 94.1. The number of hydrogen-bond acceptors (Lipinski definition) is 12. The first-order valence-corrected chi connectivity index (χ1v) is 25.8. The zero-order chi connectivity index (χ0) is 51.4. The van der Waals surface area contributed by atoms with Crippen molar-refractivity contribution in [3.8, 4) is 23.1 Å². The normalized spacial score (nSPS) is 20.0. The number of amides is 4. The number of likely N-dealkylation sites (tertiary alicyclic amines) is 2. The fourth-order valence-corrected chi connectivity index (χ4v) is 11.1.